The van der Waals surface area contributed by atoms with Gasteiger partial charge in [0.2, 0.25) is 5.91 Å². The lowest BCUT2D eigenvalue weighted by atomic mass is 9.99. The van der Waals surface area contributed by atoms with Crippen LogP contribution in [0.25, 0.3) is 0 Å². The molecule has 1 aliphatic rings. The van der Waals surface area contributed by atoms with E-state index in [2.05, 4.69) is 5.32 Å². The summed E-state index contributed by atoms with van der Waals surface area (Å²) in [7, 11) is 0. The van der Waals surface area contributed by atoms with E-state index < -0.39 is 0 Å². The van der Waals surface area contributed by atoms with Gasteiger partial charge in [0.05, 0.1) is 6.04 Å². The van der Waals surface area contributed by atoms with Gasteiger partial charge in [-0.25, -0.2) is 4.39 Å². The third-order valence-corrected chi connectivity index (χ3v) is 4.30. The molecule has 3 atom stereocenters. The molecule has 5 heteroatoms. The lowest BCUT2D eigenvalue weighted by Crippen LogP contribution is -2.33. The Labute approximate surface area is 123 Å². The van der Waals surface area contributed by atoms with Crippen molar-refractivity contribution in [1.82, 2.24) is 5.32 Å². The summed E-state index contributed by atoms with van der Waals surface area (Å²) in [5.74, 6) is -0.139. The van der Waals surface area contributed by atoms with E-state index in [1.54, 1.807) is 6.07 Å². The Kier molecular flexibility index (Phi) is 5.00. The number of rotatable bonds is 4. The third-order valence-electron chi connectivity index (χ3n) is 3.97. The molecule has 110 valence electrons. The lowest BCUT2D eigenvalue weighted by Gasteiger charge is -2.19. The monoisotopic (exact) mass is 298 g/mol. The zero-order valence-electron chi connectivity index (χ0n) is 11.5. The molecule has 2 rings (SSSR count). The van der Waals surface area contributed by atoms with Crippen molar-refractivity contribution in [1.29, 1.82) is 0 Å². The fourth-order valence-electron chi connectivity index (χ4n) is 2.79. The molecule has 1 aromatic rings. The minimum absolute atomic E-state index is 0.0276. The number of halogens is 2. The Balaban J connectivity index is 1.93. The maximum atomic E-state index is 13.0. The van der Waals surface area contributed by atoms with Crippen molar-refractivity contribution < 1.29 is 9.18 Å². The predicted octanol–water partition coefficient (Wildman–Crippen LogP) is 3.17. The normalized spacial score (nSPS) is 23.6. The molecule has 1 saturated carbocycles. The van der Waals surface area contributed by atoms with Gasteiger partial charge in [0.25, 0.3) is 0 Å². The standard InChI is InChI=1S/C15H20ClFN2O/c1-9(12-6-5-11(17)8-13(12)16)19-15(20)7-10-3-2-4-14(10)18/h5-6,8-10,14H,2-4,7,18H2,1H3,(H,19,20)/t9?,10-,14+/m0/s1. The van der Waals surface area contributed by atoms with Gasteiger partial charge < -0.3 is 11.1 Å². The number of carbonyl (C=O) groups excluding carboxylic acids is 1. The summed E-state index contributed by atoms with van der Waals surface area (Å²) in [6.07, 6.45) is 3.56. The van der Waals surface area contributed by atoms with E-state index in [1.807, 2.05) is 6.92 Å². The molecule has 1 fully saturated rings. The number of hydrogen-bond donors (Lipinski definition) is 2. The number of nitrogens with two attached hydrogens (primary N) is 1. The van der Waals surface area contributed by atoms with E-state index in [0.717, 1.165) is 24.8 Å². The molecule has 0 saturated heterocycles. The fraction of sp³-hybridized carbons (Fsp3) is 0.533. The molecule has 20 heavy (non-hydrogen) atoms. The molecule has 1 aliphatic carbocycles. The highest BCUT2D eigenvalue weighted by molar-refractivity contribution is 6.31. The Bertz CT molecular complexity index is 495. The maximum absolute atomic E-state index is 13.0. The quantitative estimate of drug-likeness (QED) is 0.897. The van der Waals surface area contributed by atoms with Crippen molar-refractivity contribution in [2.24, 2.45) is 11.7 Å². The molecule has 3 nitrogen and oxygen atoms in total. The van der Waals surface area contributed by atoms with Crippen LogP contribution >= 0.6 is 11.6 Å². The Hall–Kier alpha value is -1.13. The fourth-order valence-corrected chi connectivity index (χ4v) is 3.12. The lowest BCUT2D eigenvalue weighted by molar-refractivity contribution is -0.122. The minimum atomic E-state index is -0.380. The van der Waals surface area contributed by atoms with E-state index >= 15 is 0 Å². The van der Waals surface area contributed by atoms with Crippen LogP contribution in [-0.2, 0) is 4.79 Å². The molecule has 3 N–H and O–H groups in total. The molecule has 1 amide bonds. The minimum Gasteiger partial charge on any atom is -0.350 e. The average molecular weight is 299 g/mol. The van der Waals surface area contributed by atoms with Crippen LogP contribution in [0.2, 0.25) is 5.02 Å². The van der Waals surface area contributed by atoms with Gasteiger partial charge >= 0.3 is 0 Å². The molecule has 0 radical (unpaired) electrons. The average Bonchev–Trinajstić information content (AvgIpc) is 2.74. The maximum Gasteiger partial charge on any atom is 0.220 e. The summed E-state index contributed by atoms with van der Waals surface area (Å²) < 4.78 is 13.0. The van der Waals surface area contributed by atoms with E-state index in [1.165, 1.54) is 12.1 Å². The molecule has 0 aliphatic heterocycles. The molecule has 1 aromatic carbocycles. The summed E-state index contributed by atoms with van der Waals surface area (Å²) in [6.45, 7) is 1.84. The highest BCUT2D eigenvalue weighted by atomic mass is 35.5. The Morgan fingerprint density at radius 3 is 2.90 bits per heavy atom. The van der Waals surface area contributed by atoms with Crippen LogP contribution < -0.4 is 11.1 Å². The molecule has 0 bridgehead atoms. The van der Waals surface area contributed by atoms with Crippen molar-refractivity contribution in [2.75, 3.05) is 0 Å². The van der Waals surface area contributed by atoms with Crippen LogP contribution in [0.4, 0.5) is 4.39 Å². The second-order valence-electron chi connectivity index (χ2n) is 5.51. The molecular formula is C15H20ClFN2O. The number of hydrogen-bond acceptors (Lipinski definition) is 2. The van der Waals surface area contributed by atoms with Crippen LogP contribution in [0.5, 0.6) is 0 Å². The van der Waals surface area contributed by atoms with Crippen LogP contribution in [0.3, 0.4) is 0 Å². The van der Waals surface area contributed by atoms with Crippen molar-refractivity contribution >= 4 is 17.5 Å². The van der Waals surface area contributed by atoms with Crippen molar-refractivity contribution in [3.63, 3.8) is 0 Å². The summed E-state index contributed by atoms with van der Waals surface area (Å²) in [5.41, 5.74) is 6.69. The van der Waals surface area contributed by atoms with Gasteiger partial charge in [-0.3, -0.25) is 4.79 Å². The zero-order valence-corrected chi connectivity index (χ0v) is 12.3. The van der Waals surface area contributed by atoms with Gasteiger partial charge in [-0.1, -0.05) is 24.1 Å². The molecule has 0 heterocycles. The molecular weight excluding hydrogens is 279 g/mol. The van der Waals surface area contributed by atoms with Crippen LogP contribution in [0, 0.1) is 11.7 Å². The van der Waals surface area contributed by atoms with Gasteiger partial charge in [-0.05, 0) is 43.4 Å². The van der Waals surface area contributed by atoms with Crippen molar-refractivity contribution in [2.45, 2.75) is 44.7 Å². The molecule has 0 spiro atoms. The summed E-state index contributed by atoms with van der Waals surface area (Å²) in [5, 5.41) is 3.23. The Morgan fingerprint density at radius 1 is 1.55 bits per heavy atom. The van der Waals surface area contributed by atoms with Gasteiger partial charge in [0.1, 0.15) is 5.82 Å². The van der Waals surface area contributed by atoms with Gasteiger partial charge in [-0.15, -0.1) is 0 Å². The smallest absolute Gasteiger partial charge is 0.220 e. The SMILES string of the molecule is CC(NC(=O)C[C@@H]1CCC[C@H]1N)c1ccc(F)cc1Cl. The molecule has 1 unspecified atom stereocenters. The molecule has 0 aromatic heterocycles. The summed E-state index contributed by atoms with van der Waals surface area (Å²) in [6, 6.07) is 4.09. The van der Waals surface area contributed by atoms with Gasteiger partial charge in [-0.2, -0.15) is 0 Å². The topological polar surface area (TPSA) is 55.1 Å². The highest BCUT2D eigenvalue weighted by Crippen LogP contribution is 2.28. The second-order valence-corrected chi connectivity index (χ2v) is 5.92. The number of nitrogens with one attached hydrogen (secondary N) is 1. The first kappa shape index (κ1) is 15.3. The first-order valence-electron chi connectivity index (χ1n) is 6.97. The number of carbonyl (C=O) groups is 1. The third kappa shape index (κ3) is 3.70. The van der Waals surface area contributed by atoms with Crippen molar-refractivity contribution in [3.8, 4) is 0 Å². The van der Waals surface area contributed by atoms with E-state index in [-0.39, 0.29) is 29.7 Å². The first-order chi connectivity index (χ1) is 9.47. The number of amides is 1. The van der Waals surface area contributed by atoms with Crippen LogP contribution in [0.1, 0.15) is 44.2 Å². The van der Waals surface area contributed by atoms with Crippen LogP contribution in [0.15, 0.2) is 18.2 Å². The van der Waals surface area contributed by atoms with E-state index in [4.69, 9.17) is 17.3 Å². The van der Waals surface area contributed by atoms with Gasteiger partial charge in [0.15, 0.2) is 0 Å². The van der Waals surface area contributed by atoms with E-state index in [9.17, 15) is 9.18 Å². The predicted molar refractivity (Wildman–Crippen MR) is 77.9 cm³/mol. The van der Waals surface area contributed by atoms with Crippen molar-refractivity contribution in [3.05, 3.63) is 34.6 Å². The first-order valence-corrected chi connectivity index (χ1v) is 7.35. The summed E-state index contributed by atoms with van der Waals surface area (Å²) >= 11 is 5.99. The van der Waals surface area contributed by atoms with Crippen LogP contribution in [-0.4, -0.2) is 11.9 Å². The number of benzene rings is 1. The Morgan fingerprint density at radius 2 is 2.30 bits per heavy atom. The highest BCUT2D eigenvalue weighted by Gasteiger charge is 2.26. The second kappa shape index (κ2) is 6.55. The van der Waals surface area contributed by atoms with Gasteiger partial charge in [0, 0.05) is 17.5 Å². The summed E-state index contributed by atoms with van der Waals surface area (Å²) in [4.78, 5) is 12.0. The zero-order chi connectivity index (χ0) is 14.7. The van der Waals surface area contributed by atoms with E-state index in [0.29, 0.717) is 11.4 Å². The largest absolute Gasteiger partial charge is 0.350 e.